The van der Waals surface area contributed by atoms with Crippen molar-refractivity contribution in [3.63, 3.8) is 0 Å². The SMILES string of the molecule is CCn1cc(Nc2cc(C(=O)O)c(N)cn2)cn1. The second-order valence-electron chi connectivity index (χ2n) is 3.67. The molecule has 0 aliphatic carbocycles. The number of hydrogen-bond donors (Lipinski definition) is 3. The van der Waals surface area contributed by atoms with Gasteiger partial charge in [0.15, 0.2) is 0 Å². The van der Waals surface area contributed by atoms with Crippen molar-refractivity contribution < 1.29 is 9.90 Å². The molecule has 0 fully saturated rings. The van der Waals surface area contributed by atoms with Crippen LogP contribution in [0.5, 0.6) is 0 Å². The molecule has 0 aliphatic heterocycles. The summed E-state index contributed by atoms with van der Waals surface area (Å²) in [6.45, 7) is 2.73. The fourth-order valence-electron chi connectivity index (χ4n) is 1.47. The largest absolute Gasteiger partial charge is 0.478 e. The van der Waals surface area contributed by atoms with Gasteiger partial charge in [-0.05, 0) is 13.0 Å². The van der Waals surface area contributed by atoms with Crippen molar-refractivity contribution in [3.8, 4) is 0 Å². The van der Waals surface area contributed by atoms with E-state index in [-0.39, 0.29) is 11.3 Å². The van der Waals surface area contributed by atoms with E-state index < -0.39 is 5.97 Å². The number of nitrogens with two attached hydrogens (primary N) is 1. The number of carbonyl (C=O) groups is 1. The first-order valence-corrected chi connectivity index (χ1v) is 5.38. The first-order valence-electron chi connectivity index (χ1n) is 5.38. The molecule has 0 radical (unpaired) electrons. The summed E-state index contributed by atoms with van der Waals surface area (Å²) in [5.74, 6) is -0.667. The number of hydrogen-bond acceptors (Lipinski definition) is 5. The smallest absolute Gasteiger partial charge is 0.337 e. The van der Waals surface area contributed by atoms with E-state index in [9.17, 15) is 4.79 Å². The Kier molecular flexibility index (Phi) is 3.13. The molecule has 2 aromatic heterocycles. The maximum atomic E-state index is 10.9. The first-order chi connectivity index (χ1) is 8.60. The van der Waals surface area contributed by atoms with Crippen molar-refractivity contribution in [3.05, 3.63) is 30.2 Å². The van der Waals surface area contributed by atoms with Gasteiger partial charge in [-0.1, -0.05) is 0 Å². The Morgan fingerprint density at radius 2 is 2.33 bits per heavy atom. The lowest BCUT2D eigenvalue weighted by Gasteiger charge is -2.05. The van der Waals surface area contributed by atoms with Crippen molar-refractivity contribution in [2.45, 2.75) is 13.5 Å². The minimum Gasteiger partial charge on any atom is -0.478 e. The maximum Gasteiger partial charge on any atom is 0.337 e. The third-order valence-electron chi connectivity index (χ3n) is 2.39. The number of carboxylic acids is 1. The number of aromatic carboxylic acids is 1. The molecule has 4 N–H and O–H groups in total. The van der Waals surface area contributed by atoms with Crippen molar-refractivity contribution in [2.75, 3.05) is 11.1 Å². The van der Waals surface area contributed by atoms with Gasteiger partial charge < -0.3 is 16.2 Å². The lowest BCUT2D eigenvalue weighted by atomic mass is 10.2. The third kappa shape index (κ3) is 2.40. The maximum absolute atomic E-state index is 10.9. The molecule has 0 unspecified atom stereocenters. The van der Waals surface area contributed by atoms with E-state index in [0.717, 1.165) is 12.2 Å². The van der Waals surface area contributed by atoms with Gasteiger partial charge in [0.1, 0.15) is 5.82 Å². The highest BCUT2D eigenvalue weighted by Crippen LogP contribution is 2.18. The summed E-state index contributed by atoms with van der Waals surface area (Å²) in [7, 11) is 0. The molecule has 94 valence electrons. The molecule has 0 saturated heterocycles. The number of nitrogen functional groups attached to an aromatic ring is 1. The Morgan fingerprint density at radius 3 is 2.94 bits per heavy atom. The summed E-state index contributed by atoms with van der Waals surface area (Å²) >= 11 is 0. The molecule has 18 heavy (non-hydrogen) atoms. The van der Waals surface area contributed by atoms with Crippen molar-refractivity contribution >= 4 is 23.2 Å². The van der Waals surface area contributed by atoms with Gasteiger partial charge in [0, 0.05) is 12.7 Å². The van der Waals surface area contributed by atoms with E-state index in [1.807, 2.05) is 6.92 Å². The van der Waals surface area contributed by atoms with Crippen LogP contribution >= 0.6 is 0 Å². The van der Waals surface area contributed by atoms with Crippen molar-refractivity contribution in [2.24, 2.45) is 0 Å². The molecule has 7 nitrogen and oxygen atoms in total. The normalized spacial score (nSPS) is 10.3. The van der Waals surface area contributed by atoms with E-state index >= 15 is 0 Å². The predicted octanol–water partition coefficient (Wildman–Crippen LogP) is 1.32. The van der Waals surface area contributed by atoms with Crippen LogP contribution in [0.4, 0.5) is 17.2 Å². The minimum atomic E-state index is -1.08. The zero-order chi connectivity index (χ0) is 13.1. The van der Waals surface area contributed by atoms with Crippen LogP contribution in [0, 0.1) is 0 Å². The fraction of sp³-hybridized carbons (Fsp3) is 0.182. The highest BCUT2D eigenvalue weighted by Gasteiger charge is 2.10. The second kappa shape index (κ2) is 4.74. The number of pyridine rings is 1. The van der Waals surface area contributed by atoms with E-state index in [2.05, 4.69) is 15.4 Å². The Labute approximate surface area is 103 Å². The van der Waals surface area contributed by atoms with Crippen molar-refractivity contribution in [1.29, 1.82) is 0 Å². The fourth-order valence-corrected chi connectivity index (χ4v) is 1.47. The van der Waals surface area contributed by atoms with E-state index in [4.69, 9.17) is 10.8 Å². The highest BCUT2D eigenvalue weighted by atomic mass is 16.4. The van der Waals surface area contributed by atoms with Crippen LogP contribution in [0.1, 0.15) is 17.3 Å². The molecule has 7 heteroatoms. The molecular formula is C11H13N5O2. The van der Waals surface area contributed by atoms with Crippen LogP contribution in [-0.2, 0) is 6.54 Å². The van der Waals surface area contributed by atoms with Gasteiger partial charge in [-0.2, -0.15) is 5.10 Å². The van der Waals surface area contributed by atoms with E-state index in [0.29, 0.717) is 5.82 Å². The Balaban J connectivity index is 2.24. The number of nitrogens with one attached hydrogen (secondary N) is 1. The lowest BCUT2D eigenvalue weighted by Crippen LogP contribution is -2.04. The standard InChI is InChI=1S/C11H13N5O2/c1-2-16-6-7(4-14-16)15-10-3-8(11(17)18)9(12)5-13-10/h3-6H,2,12H2,1H3,(H,13,15)(H,17,18). The topological polar surface area (TPSA) is 106 Å². The quantitative estimate of drug-likeness (QED) is 0.752. The highest BCUT2D eigenvalue weighted by molar-refractivity contribution is 5.94. The van der Waals surface area contributed by atoms with Gasteiger partial charge in [-0.3, -0.25) is 4.68 Å². The van der Waals surface area contributed by atoms with E-state index in [1.165, 1.54) is 12.3 Å². The van der Waals surface area contributed by atoms with Gasteiger partial charge in [0.25, 0.3) is 0 Å². The van der Waals surface area contributed by atoms with Gasteiger partial charge in [0.2, 0.25) is 0 Å². The summed E-state index contributed by atoms with van der Waals surface area (Å²) in [4.78, 5) is 14.9. The van der Waals surface area contributed by atoms with Gasteiger partial charge in [0.05, 0.1) is 29.3 Å². The van der Waals surface area contributed by atoms with Crippen molar-refractivity contribution in [1.82, 2.24) is 14.8 Å². The minimum absolute atomic E-state index is 0.0235. The third-order valence-corrected chi connectivity index (χ3v) is 2.39. The van der Waals surface area contributed by atoms with Gasteiger partial charge in [-0.25, -0.2) is 9.78 Å². The summed E-state index contributed by atoms with van der Waals surface area (Å²) in [6.07, 6.45) is 4.76. The molecule has 2 rings (SSSR count). The molecule has 0 aliphatic rings. The molecule has 2 aromatic rings. The predicted molar refractivity (Wildman–Crippen MR) is 66.8 cm³/mol. The number of carboxylic acid groups (broad SMARTS) is 1. The summed E-state index contributed by atoms with van der Waals surface area (Å²) in [6, 6.07) is 1.39. The van der Waals surface area contributed by atoms with E-state index in [1.54, 1.807) is 17.1 Å². The zero-order valence-corrected chi connectivity index (χ0v) is 9.79. The lowest BCUT2D eigenvalue weighted by molar-refractivity contribution is 0.0698. The molecule has 0 bridgehead atoms. The van der Waals surface area contributed by atoms with Crippen LogP contribution in [0.15, 0.2) is 24.7 Å². The Morgan fingerprint density at radius 1 is 1.56 bits per heavy atom. The summed E-state index contributed by atoms with van der Waals surface area (Å²) in [5.41, 5.74) is 6.42. The Bertz CT molecular complexity index is 579. The number of anilines is 3. The molecule has 0 saturated carbocycles. The summed E-state index contributed by atoms with van der Waals surface area (Å²) in [5, 5.41) is 16.0. The molecule has 0 spiro atoms. The number of aryl methyl sites for hydroxylation is 1. The molecule has 0 atom stereocenters. The van der Waals surface area contributed by atoms with Gasteiger partial charge in [-0.15, -0.1) is 0 Å². The molecule has 2 heterocycles. The zero-order valence-electron chi connectivity index (χ0n) is 9.79. The summed E-state index contributed by atoms with van der Waals surface area (Å²) < 4.78 is 1.75. The average molecular weight is 247 g/mol. The monoisotopic (exact) mass is 247 g/mol. The number of rotatable bonds is 4. The first kappa shape index (κ1) is 11.9. The van der Waals surface area contributed by atoms with Crippen LogP contribution in [0.25, 0.3) is 0 Å². The molecule has 0 aromatic carbocycles. The molecular weight excluding hydrogens is 234 g/mol. The van der Waals surface area contributed by atoms with Crippen LogP contribution in [0.3, 0.4) is 0 Å². The van der Waals surface area contributed by atoms with Crippen LogP contribution in [0.2, 0.25) is 0 Å². The molecule has 0 amide bonds. The average Bonchev–Trinajstić information content (AvgIpc) is 2.79. The van der Waals surface area contributed by atoms with Gasteiger partial charge >= 0.3 is 5.97 Å². The second-order valence-corrected chi connectivity index (χ2v) is 3.67. The number of nitrogens with zero attached hydrogens (tertiary/aromatic N) is 3. The number of aromatic nitrogens is 3. The Hall–Kier alpha value is -2.57. The van der Waals surface area contributed by atoms with Crippen LogP contribution in [-0.4, -0.2) is 25.8 Å². The van der Waals surface area contributed by atoms with Crippen LogP contribution < -0.4 is 11.1 Å².